The van der Waals surface area contributed by atoms with E-state index in [9.17, 15) is 9.59 Å². The molecule has 0 bridgehead atoms. The summed E-state index contributed by atoms with van der Waals surface area (Å²) in [7, 11) is 1.31. The molecule has 2 aromatic heterocycles. The van der Waals surface area contributed by atoms with Gasteiger partial charge in [-0.2, -0.15) is 0 Å². The molecule has 0 fully saturated rings. The summed E-state index contributed by atoms with van der Waals surface area (Å²) < 4.78 is 4.73. The number of ether oxygens (including phenoxy) is 1. The third-order valence-corrected chi connectivity index (χ3v) is 4.28. The van der Waals surface area contributed by atoms with Crippen LogP contribution in [-0.2, 0) is 9.53 Å². The number of aromatic nitrogens is 3. The Morgan fingerprint density at radius 1 is 1.29 bits per heavy atom. The molecule has 2 aromatic rings. The summed E-state index contributed by atoms with van der Waals surface area (Å²) in [6.07, 6.45) is 3.46. The molecule has 128 valence electrons. The molecule has 0 unspecified atom stereocenters. The van der Waals surface area contributed by atoms with Crippen LogP contribution >= 0.6 is 11.3 Å². The molecule has 8 nitrogen and oxygen atoms in total. The molecule has 0 aliphatic rings. The Morgan fingerprint density at radius 2 is 2.00 bits per heavy atom. The molecule has 0 aliphatic heterocycles. The number of anilines is 2. The second-order valence-electron chi connectivity index (χ2n) is 5.18. The summed E-state index contributed by atoms with van der Waals surface area (Å²) >= 11 is 1.28. The molecular weight excluding hydrogens is 330 g/mol. The summed E-state index contributed by atoms with van der Waals surface area (Å²) in [6.45, 7) is 4.30. The summed E-state index contributed by atoms with van der Waals surface area (Å²) in [6, 6.07) is 1.71. The van der Waals surface area contributed by atoms with Crippen LogP contribution in [0.2, 0.25) is 0 Å². The van der Waals surface area contributed by atoms with Crippen LogP contribution in [-0.4, -0.2) is 40.5 Å². The third kappa shape index (κ3) is 4.72. The van der Waals surface area contributed by atoms with Crippen LogP contribution < -0.4 is 10.6 Å². The maximum atomic E-state index is 12.0. The maximum Gasteiger partial charge on any atom is 0.357 e. The monoisotopic (exact) mass is 349 g/mol. The average Bonchev–Trinajstić information content (AvgIpc) is 2.99. The molecule has 24 heavy (non-hydrogen) atoms. The lowest BCUT2D eigenvalue weighted by atomic mass is 10.1. The van der Waals surface area contributed by atoms with Gasteiger partial charge < -0.3 is 15.4 Å². The maximum absolute atomic E-state index is 12.0. The molecule has 0 radical (unpaired) electrons. The van der Waals surface area contributed by atoms with Gasteiger partial charge in [0.2, 0.25) is 11.9 Å². The minimum absolute atomic E-state index is 0.110. The third-order valence-electron chi connectivity index (χ3n) is 3.00. The Bertz CT molecular complexity index is 702. The minimum atomic E-state index is -0.502. The van der Waals surface area contributed by atoms with Crippen molar-refractivity contribution in [3.63, 3.8) is 0 Å². The van der Waals surface area contributed by atoms with Crippen molar-refractivity contribution in [2.24, 2.45) is 0 Å². The van der Waals surface area contributed by atoms with E-state index in [4.69, 9.17) is 4.74 Å². The molecule has 0 aliphatic carbocycles. The molecule has 0 aromatic carbocycles. The van der Waals surface area contributed by atoms with E-state index in [1.165, 1.54) is 18.4 Å². The van der Waals surface area contributed by atoms with Crippen LogP contribution in [0.5, 0.6) is 0 Å². The highest BCUT2D eigenvalue weighted by Crippen LogP contribution is 2.30. The summed E-state index contributed by atoms with van der Waals surface area (Å²) in [4.78, 5) is 36.7. The van der Waals surface area contributed by atoms with Crippen LogP contribution in [0.15, 0.2) is 18.5 Å². The molecule has 9 heteroatoms. The van der Waals surface area contributed by atoms with Crippen molar-refractivity contribution >= 4 is 34.3 Å². The first-order valence-electron chi connectivity index (χ1n) is 7.41. The first kappa shape index (κ1) is 17.8. The molecule has 2 heterocycles. The number of hydrogen-bond acceptors (Lipinski definition) is 8. The van der Waals surface area contributed by atoms with E-state index in [2.05, 4.69) is 25.6 Å². The van der Waals surface area contributed by atoms with Gasteiger partial charge in [0.05, 0.1) is 7.11 Å². The van der Waals surface area contributed by atoms with Gasteiger partial charge in [-0.25, -0.2) is 19.7 Å². The number of amides is 1. The van der Waals surface area contributed by atoms with Crippen molar-refractivity contribution in [3.8, 4) is 0 Å². The van der Waals surface area contributed by atoms with Crippen LogP contribution in [0.1, 0.15) is 41.6 Å². The number of nitrogens with one attached hydrogen (secondary N) is 2. The smallest absolute Gasteiger partial charge is 0.357 e. The Kier molecular flexibility index (Phi) is 6.19. The van der Waals surface area contributed by atoms with Gasteiger partial charge in [-0.15, -0.1) is 11.3 Å². The van der Waals surface area contributed by atoms with Crippen LogP contribution in [0.25, 0.3) is 0 Å². The van der Waals surface area contributed by atoms with Crippen molar-refractivity contribution in [1.29, 1.82) is 0 Å². The zero-order chi connectivity index (χ0) is 17.5. The highest BCUT2D eigenvalue weighted by atomic mass is 32.1. The second-order valence-corrected chi connectivity index (χ2v) is 6.21. The summed E-state index contributed by atoms with van der Waals surface area (Å²) in [5, 5.41) is 6.04. The fraction of sp³-hybridized carbons (Fsp3) is 0.400. The molecular formula is C15H19N5O3S. The zero-order valence-electron chi connectivity index (χ0n) is 13.7. The highest BCUT2D eigenvalue weighted by molar-refractivity contribution is 7.16. The van der Waals surface area contributed by atoms with E-state index >= 15 is 0 Å². The number of esters is 1. The predicted octanol–water partition coefficient (Wildman–Crippen LogP) is 2.28. The highest BCUT2D eigenvalue weighted by Gasteiger charge is 2.21. The van der Waals surface area contributed by atoms with Crippen molar-refractivity contribution < 1.29 is 14.3 Å². The SMILES string of the molecule is COC(=O)c1nc(NC(=O)CCNc2ncccn2)sc1C(C)C. The molecule has 1 amide bonds. The molecule has 2 N–H and O–H groups in total. The van der Waals surface area contributed by atoms with Gasteiger partial charge in [-0.1, -0.05) is 13.8 Å². The first-order valence-corrected chi connectivity index (χ1v) is 8.22. The second kappa shape index (κ2) is 8.34. The zero-order valence-corrected chi connectivity index (χ0v) is 14.5. The molecule has 0 saturated carbocycles. The largest absolute Gasteiger partial charge is 0.464 e. The Balaban J connectivity index is 1.92. The number of nitrogens with zero attached hydrogens (tertiary/aromatic N) is 3. The lowest BCUT2D eigenvalue weighted by molar-refractivity contribution is -0.115. The van der Waals surface area contributed by atoms with Crippen LogP contribution in [0, 0.1) is 0 Å². The topological polar surface area (TPSA) is 106 Å². The first-order chi connectivity index (χ1) is 11.5. The number of carbonyl (C=O) groups excluding carboxylic acids is 2. The predicted molar refractivity (Wildman–Crippen MR) is 91.3 cm³/mol. The van der Waals surface area contributed by atoms with E-state index in [-0.39, 0.29) is 23.9 Å². The van der Waals surface area contributed by atoms with Gasteiger partial charge in [0.1, 0.15) is 0 Å². The van der Waals surface area contributed by atoms with Crippen LogP contribution in [0.4, 0.5) is 11.1 Å². The fourth-order valence-electron chi connectivity index (χ4n) is 1.88. The number of carbonyl (C=O) groups is 2. The Morgan fingerprint density at radius 3 is 2.62 bits per heavy atom. The van der Waals surface area contributed by atoms with E-state index in [0.717, 1.165) is 4.88 Å². The molecule has 0 saturated heterocycles. The molecule has 2 rings (SSSR count). The van der Waals surface area contributed by atoms with Gasteiger partial charge in [-0.3, -0.25) is 4.79 Å². The van der Waals surface area contributed by atoms with Gasteiger partial charge in [0.15, 0.2) is 10.8 Å². The van der Waals surface area contributed by atoms with E-state index in [0.29, 0.717) is 17.6 Å². The number of thiazole rings is 1. The van der Waals surface area contributed by atoms with Crippen molar-refractivity contribution in [1.82, 2.24) is 15.0 Å². The molecule has 0 atom stereocenters. The Hall–Kier alpha value is -2.55. The van der Waals surface area contributed by atoms with Gasteiger partial charge in [0.25, 0.3) is 0 Å². The van der Waals surface area contributed by atoms with Crippen molar-refractivity contribution in [2.75, 3.05) is 24.3 Å². The number of hydrogen-bond donors (Lipinski definition) is 2. The normalized spacial score (nSPS) is 10.5. The fourth-order valence-corrected chi connectivity index (χ4v) is 2.85. The van der Waals surface area contributed by atoms with Gasteiger partial charge >= 0.3 is 5.97 Å². The van der Waals surface area contributed by atoms with E-state index in [1.807, 2.05) is 13.8 Å². The molecule has 0 spiro atoms. The average molecular weight is 349 g/mol. The number of methoxy groups -OCH3 is 1. The van der Waals surface area contributed by atoms with Gasteiger partial charge in [-0.05, 0) is 12.0 Å². The van der Waals surface area contributed by atoms with Gasteiger partial charge in [0, 0.05) is 30.2 Å². The standard InChI is InChI=1S/C15H19N5O3S/c1-9(2)12-11(13(22)23-3)20-15(24-12)19-10(21)5-8-18-14-16-6-4-7-17-14/h4,6-7,9H,5,8H2,1-3H3,(H,16,17,18)(H,19,20,21). The lowest BCUT2D eigenvalue weighted by Gasteiger charge is -2.04. The number of rotatable bonds is 7. The minimum Gasteiger partial charge on any atom is -0.464 e. The van der Waals surface area contributed by atoms with E-state index < -0.39 is 5.97 Å². The Labute approximate surface area is 143 Å². The lowest BCUT2D eigenvalue weighted by Crippen LogP contribution is -2.17. The summed E-state index contributed by atoms with van der Waals surface area (Å²) in [5.74, 6) is -0.133. The summed E-state index contributed by atoms with van der Waals surface area (Å²) in [5.41, 5.74) is 0.253. The van der Waals surface area contributed by atoms with Crippen molar-refractivity contribution in [3.05, 3.63) is 29.0 Å². The van der Waals surface area contributed by atoms with Crippen molar-refractivity contribution in [2.45, 2.75) is 26.2 Å². The van der Waals surface area contributed by atoms with Crippen LogP contribution in [0.3, 0.4) is 0 Å². The van der Waals surface area contributed by atoms with E-state index in [1.54, 1.807) is 18.5 Å². The quantitative estimate of drug-likeness (QED) is 0.739.